The van der Waals surface area contributed by atoms with E-state index in [1.54, 1.807) is 6.07 Å². The number of ether oxygens (including phenoxy) is 1. The topological polar surface area (TPSA) is 71.9 Å². The molecule has 0 spiro atoms. The lowest BCUT2D eigenvalue weighted by Gasteiger charge is -2.11. The number of hydrogen-bond acceptors (Lipinski definition) is 4. The van der Waals surface area contributed by atoms with Crippen molar-refractivity contribution in [2.24, 2.45) is 0 Å². The molecule has 2 aromatic rings. The largest absolute Gasteiger partial charge is 0.573 e. The van der Waals surface area contributed by atoms with Gasteiger partial charge in [0.25, 0.3) is 0 Å². The summed E-state index contributed by atoms with van der Waals surface area (Å²) in [5.74, 6) is -0.0301. The zero-order valence-electron chi connectivity index (χ0n) is 10.7. The molecule has 0 fully saturated rings. The number of hydrogen-bond donors (Lipinski definition) is 1. The lowest BCUT2D eigenvalue weighted by molar-refractivity contribution is -0.274. The molecule has 0 amide bonds. The first-order chi connectivity index (χ1) is 9.89. The van der Waals surface area contributed by atoms with Gasteiger partial charge in [0.2, 0.25) is 0 Å². The van der Waals surface area contributed by atoms with Gasteiger partial charge >= 0.3 is 6.36 Å². The van der Waals surface area contributed by atoms with E-state index < -0.39 is 6.36 Å². The van der Waals surface area contributed by atoms with E-state index in [0.717, 1.165) is 0 Å². The minimum atomic E-state index is -4.73. The van der Waals surface area contributed by atoms with Gasteiger partial charge < -0.3 is 10.5 Å². The molecular weight excluding hydrogens is 283 g/mol. The quantitative estimate of drug-likeness (QED) is 0.942. The van der Waals surface area contributed by atoms with Crippen LogP contribution in [0, 0.1) is 11.3 Å². The molecule has 1 heterocycles. The van der Waals surface area contributed by atoms with Gasteiger partial charge in [0, 0.05) is 11.8 Å². The van der Waals surface area contributed by atoms with Crippen LogP contribution >= 0.6 is 0 Å². The molecule has 0 radical (unpaired) electrons. The van der Waals surface area contributed by atoms with Crippen LogP contribution in [0.25, 0.3) is 11.1 Å². The van der Waals surface area contributed by atoms with Crippen molar-refractivity contribution in [2.45, 2.75) is 12.8 Å². The molecule has 1 aromatic carbocycles. The van der Waals surface area contributed by atoms with Crippen LogP contribution in [0.1, 0.15) is 5.56 Å². The number of rotatable bonds is 3. The summed E-state index contributed by atoms with van der Waals surface area (Å²) in [5, 5.41) is 8.80. The molecule has 0 saturated carbocycles. The van der Waals surface area contributed by atoms with E-state index in [1.807, 2.05) is 6.07 Å². The maximum Gasteiger partial charge on any atom is 0.573 e. The molecule has 21 heavy (non-hydrogen) atoms. The van der Waals surface area contributed by atoms with Crippen molar-refractivity contribution >= 4 is 5.82 Å². The number of anilines is 1. The molecule has 2 rings (SSSR count). The second-order valence-electron chi connectivity index (χ2n) is 4.17. The van der Waals surface area contributed by atoms with Gasteiger partial charge in [-0.05, 0) is 29.3 Å². The summed E-state index contributed by atoms with van der Waals surface area (Å²) in [4.78, 5) is 3.94. The predicted molar refractivity (Wildman–Crippen MR) is 70.1 cm³/mol. The maximum atomic E-state index is 12.1. The third-order valence-corrected chi connectivity index (χ3v) is 2.68. The molecule has 7 heteroatoms. The number of pyridine rings is 1. The number of nitriles is 1. The number of halogens is 3. The van der Waals surface area contributed by atoms with Gasteiger partial charge in [0.1, 0.15) is 11.6 Å². The van der Waals surface area contributed by atoms with E-state index in [1.165, 1.54) is 30.5 Å². The molecule has 0 saturated heterocycles. The van der Waals surface area contributed by atoms with Crippen molar-refractivity contribution in [3.05, 3.63) is 42.1 Å². The van der Waals surface area contributed by atoms with Crippen LogP contribution in [0.2, 0.25) is 0 Å². The van der Waals surface area contributed by atoms with Gasteiger partial charge in [-0.2, -0.15) is 5.26 Å². The molecule has 0 atom stereocenters. The van der Waals surface area contributed by atoms with Gasteiger partial charge in [-0.3, -0.25) is 0 Å². The Labute approximate surface area is 118 Å². The Morgan fingerprint density at radius 1 is 1.24 bits per heavy atom. The fourth-order valence-electron chi connectivity index (χ4n) is 1.84. The van der Waals surface area contributed by atoms with E-state index in [9.17, 15) is 13.2 Å². The van der Waals surface area contributed by atoms with Crippen LogP contribution in [0.5, 0.6) is 5.75 Å². The first-order valence-electron chi connectivity index (χ1n) is 5.86. The SMILES string of the molecule is N#CCc1cc(N)ncc1-c1ccc(OC(F)(F)F)cc1. The van der Waals surface area contributed by atoms with Crippen LogP contribution in [0.4, 0.5) is 19.0 Å². The Hall–Kier alpha value is -2.75. The van der Waals surface area contributed by atoms with Crippen LogP contribution < -0.4 is 10.5 Å². The smallest absolute Gasteiger partial charge is 0.406 e. The third kappa shape index (κ3) is 3.86. The summed E-state index contributed by atoms with van der Waals surface area (Å²) in [7, 11) is 0. The zero-order chi connectivity index (χ0) is 15.5. The summed E-state index contributed by atoms with van der Waals surface area (Å²) < 4.78 is 40.1. The van der Waals surface area contributed by atoms with Gasteiger partial charge in [-0.25, -0.2) is 4.98 Å². The first-order valence-corrected chi connectivity index (χ1v) is 5.86. The standard InChI is InChI=1S/C14H10F3N3O/c15-14(16,17)21-11-3-1-9(2-4-11)12-8-20-13(19)7-10(12)5-6-18/h1-4,7-8H,5H2,(H2,19,20). The Morgan fingerprint density at radius 2 is 1.90 bits per heavy atom. The van der Waals surface area contributed by atoms with Gasteiger partial charge in [-0.1, -0.05) is 12.1 Å². The minimum absolute atomic E-state index is 0.128. The highest BCUT2D eigenvalue weighted by atomic mass is 19.4. The molecule has 0 bridgehead atoms. The summed E-state index contributed by atoms with van der Waals surface area (Å²) in [6, 6.07) is 8.92. The molecule has 1 aromatic heterocycles. The fourth-order valence-corrected chi connectivity index (χ4v) is 1.84. The Balaban J connectivity index is 2.33. The normalized spacial score (nSPS) is 11.0. The first kappa shape index (κ1) is 14.7. The molecular formula is C14H10F3N3O. The monoisotopic (exact) mass is 293 g/mol. The molecule has 0 aliphatic heterocycles. The van der Waals surface area contributed by atoms with Gasteiger partial charge in [0.05, 0.1) is 12.5 Å². The molecule has 0 unspecified atom stereocenters. The van der Waals surface area contributed by atoms with E-state index in [4.69, 9.17) is 11.0 Å². The van der Waals surface area contributed by atoms with Crippen molar-refractivity contribution in [1.29, 1.82) is 5.26 Å². The number of nitrogens with zero attached hydrogens (tertiary/aromatic N) is 2. The average Bonchev–Trinajstić information content (AvgIpc) is 2.39. The zero-order valence-corrected chi connectivity index (χ0v) is 10.7. The Bertz CT molecular complexity index is 675. The van der Waals surface area contributed by atoms with Crippen LogP contribution in [-0.4, -0.2) is 11.3 Å². The predicted octanol–water partition coefficient (Wildman–Crippen LogP) is 3.30. The molecule has 2 N–H and O–H groups in total. The van der Waals surface area contributed by atoms with Crippen molar-refractivity contribution in [2.75, 3.05) is 5.73 Å². The van der Waals surface area contributed by atoms with Crippen LogP contribution in [0.3, 0.4) is 0 Å². The van der Waals surface area contributed by atoms with E-state index in [2.05, 4.69) is 9.72 Å². The highest BCUT2D eigenvalue weighted by molar-refractivity contribution is 5.68. The Morgan fingerprint density at radius 3 is 2.48 bits per heavy atom. The van der Waals surface area contributed by atoms with E-state index in [0.29, 0.717) is 16.7 Å². The summed E-state index contributed by atoms with van der Waals surface area (Å²) in [6.07, 6.45) is -3.11. The summed E-state index contributed by atoms with van der Waals surface area (Å²) in [6.45, 7) is 0. The Kier molecular flexibility index (Phi) is 3.98. The molecule has 0 aliphatic carbocycles. The van der Waals surface area contributed by atoms with E-state index >= 15 is 0 Å². The number of aromatic nitrogens is 1. The number of benzene rings is 1. The van der Waals surface area contributed by atoms with Crippen molar-refractivity contribution < 1.29 is 17.9 Å². The lowest BCUT2D eigenvalue weighted by Crippen LogP contribution is -2.16. The second kappa shape index (κ2) is 5.71. The molecule has 0 aliphatic rings. The van der Waals surface area contributed by atoms with E-state index in [-0.39, 0.29) is 18.0 Å². The minimum Gasteiger partial charge on any atom is -0.406 e. The lowest BCUT2D eigenvalue weighted by atomic mass is 10.00. The summed E-state index contributed by atoms with van der Waals surface area (Å²) >= 11 is 0. The van der Waals surface area contributed by atoms with Crippen molar-refractivity contribution in [3.8, 4) is 22.9 Å². The highest BCUT2D eigenvalue weighted by Crippen LogP contribution is 2.28. The van der Waals surface area contributed by atoms with Crippen LogP contribution in [0.15, 0.2) is 36.5 Å². The van der Waals surface area contributed by atoms with Gasteiger partial charge in [-0.15, -0.1) is 13.2 Å². The number of nitrogens with two attached hydrogens (primary N) is 1. The second-order valence-corrected chi connectivity index (χ2v) is 4.17. The molecule has 4 nitrogen and oxygen atoms in total. The summed E-state index contributed by atoms with van der Waals surface area (Å²) in [5.41, 5.74) is 7.50. The fraction of sp³-hybridized carbons (Fsp3) is 0.143. The van der Waals surface area contributed by atoms with Crippen molar-refractivity contribution in [1.82, 2.24) is 4.98 Å². The maximum absolute atomic E-state index is 12.1. The van der Waals surface area contributed by atoms with Crippen LogP contribution in [-0.2, 0) is 6.42 Å². The highest BCUT2D eigenvalue weighted by Gasteiger charge is 2.30. The third-order valence-electron chi connectivity index (χ3n) is 2.68. The van der Waals surface area contributed by atoms with Gasteiger partial charge in [0.15, 0.2) is 0 Å². The number of nitrogen functional groups attached to an aromatic ring is 1. The van der Waals surface area contributed by atoms with Crippen molar-refractivity contribution in [3.63, 3.8) is 0 Å². The molecule has 108 valence electrons. The number of alkyl halides is 3. The average molecular weight is 293 g/mol.